The highest BCUT2D eigenvalue weighted by Gasteiger charge is 2.58. The first-order chi connectivity index (χ1) is 11.4. The lowest BCUT2D eigenvalue weighted by molar-refractivity contribution is -0.129. The van der Waals surface area contributed by atoms with Crippen molar-refractivity contribution in [3.8, 4) is 12.3 Å². The Morgan fingerprint density at radius 2 is 1.79 bits per heavy atom. The summed E-state index contributed by atoms with van der Waals surface area (Å²) < 4.78 is 0. The summed E-state index contributed by atoms with van der Waals surface area (Å²) in [4.78, 5) is 12.2. The van der Waals surface area contributed by atoms with Crippen LogP contribution in [-0.4, -0.2) is 16.5 Å². The van der Waals surface area contributed by atoms with E-state index in [1.165, 1.54) is 32.1 Å². The van der Waals surface area contributed by atoms with Gasteiger partial charge in [0.2, 0.25) is 0 Å². The molecule has 0 saturated heterocycles. The molecule has 0 spiro atoms. The Morgan fingerprint density at radius 1 is 1.04 bits per heavy atom. The normalized spacial score (nSPS) is 53.4. The van der Waals surface area contributed by atoms with Gasteiger partial charge in [0.1, 0.15) is 11.4 Å². The quantitative estimate of drug-likeness (QED) is 0.732. The minimum atomic E-state index is -0.843. The highest BCUT2D eigenvalue weighted by Crippen LogP contribution is 2.64. The average molecular weight is 328 g/mol. The number of aliphatic hydroxyl groups is 1. The molecule has 0 bridgehead atoms. The van der Waals surface area contributed by atoms with Gasteiger partial charge in [-0.15, -0.1) is 6.42 Å². The summed E-state index contributed by atoms with van der Waals surface area (Å²) in [5.41, 5.74) is -0.585. The van der Waals surface area contributed by atoms with Crippen molar-refractivity contribution >= 4 is 5.78 Å². The average Bonchev–Trinajstić information content (AvgIpc) is 2.91. The fraction of sp³-hybridized carbons (Fsp3) is 0.864. The van der Waals surface area contributed by atoms with Gasteiger partial charge in [-0.1, -0.05) is 12.8 Å². The molecule has 4 rings (SSSR count). The number of Topliss-reactive ketones (excluding diaryl/α,β-unsaturated/α-hetero) is 1. The lowest BCUT2D eigenvalue weighted by Gasteiger charge is -2.56. The molecule has 0 amide bonds. The Kier molecular flexibility index (Phi) is 3.88. The van der Waals surface area contributed by atoms with Crippen LogP contribution in [0.4, 0.5) is 0 Å². The van der Waals surface area contributed by atoms with E-state index in [1.54, 1.807) is 0 Å². The minimum absolute atomic E-state index is 0.258. The van der Waals surface area contributed by atoms with E-state index >= 15 is 0 Å². The number of rotatable bonds is 1. The van der Waals surface area contributed by atoms with E-state index in [2.05, 4.69) is 12.8 Å². The van der Waals surface area contributed by atoms with Crippen LogP contribution in [0.5, 0.6) is 0 Å². The third kappa shape index (κ3) is 2.31. The van der Waals surface area contributed by atoms with Crippen LogP contribution in [0.3, 0.4) is 0 Å². The number of carbonyl (C=O) groups excluding carboxylic acids is 1. The van der Waals surface area contributed by atoms with Crippen molar-refractivity contribution in [2.24, 2.45) is 40.9 Å². The van der Waals surface area contributed by atoms with Crippen molar-refractivity contribution in [2.45, 2.75) is 77.2 Å². The molecule has 0 heterocycles. The summed E-state index contributed by atoms with van der Waals surface area (Å²) in [6.07, 6.45) is 15.7. The smallest absolute Gasteiger partial charge is 0.133 e. The number of ketones is 1. The van der Waals surface area contributed by atoms with Gasteiger partial charge in [-0.05, 0) is 99.7 Å². The summed E-state index contributed by atoms with van der Waals surface area (Å²) in [5, 5.41) is 10.5. The molecular weight excluding hydrogens is 296 g/mol. The summed E-state index contributed by atoms with van der Waals surface area (Å²) in [6, 6.07) is 0. The summed E-state index contributed by atoms with van der Waals surface area (Å²) in [5.74, 6) is 7.15. The topological polar surface area (TPSA) is 37.3 Å². The molecule has 2 heteroatoms. The van der Waals surface area contributed by atoms with Gasteiger partial charge in [-0.3, -0.25) is 4.79 Å². The second kappa shape index (κ2) is 5.60. The van der Waals surface area contributed by atoms with Crippen LogP contribution in [0, 0.1) is 53.3 Å². The Bertz CT molecular complexity index is 575. The first-order valence-corrected chi connectivity index (χ1v) is 10.1. The van der Waals surface area contributed by atoms with Crippen LogP contribution in [0.1, 0.15) is 71.6 Å². The molecule has 4 aliphatic rings. The minimum Gasteiger partial charge on any atom is -0.378 e. The molecular formula is C22H32O2. The Hall–Kier alpha value is -0.810. The zero-order valence-electron chi connectivity index (χ0n) is 15.3. The summed E-state index contributed by atoms with van der Waals surface area (Å²) in [7, 11) is 0. The molecule has 0 aromatic carbocycles. The highest BCUT2D eigenvalue weighted by molar-refractivity contribution is 5.79. The molecule has 4 fully saturated rings. The lowest BCUT2D eigenvalue weighted by atomic mass is 9.49. The van der Waals surface area contributed by atoms with Gasteiger partial charge in [-0.25, -0.2) is 0 Å². The molecule has 4 aliphatic carbocycles. The maximum atomic E-state index is 12.2. The Labute approximate surface area is 146 Å². The largest absolute Gasteiger partial charge is 0.378 e. The maximum absolute atomic E-state index is 12.2. The molecule has 0 aromatic rings. The van der Waals surface area contributed by atoms with Gasteiger partial charge >= 0.3 is 0 Å². The first kappa shape index (κ1) is 16.6. The predicted molar refractivity (Wildman–Crippen MR) is 95.1 cm³/mol. The predicted octanol–water partition coefficient (Wildman–Crippen LogP) is 4.21. The molecule has 0 unspecified atom stereocenters. The second-order valence-electron chi connectivity index (χ2n) is 9.64. The second-order valence-corrected chi connectivity index (χ2v) is 9.64. The van der Waals surface area contributed by atoms with Crippen LogP contribution in [-0.2, 0) is 4.79 Å². The number of fused-ring (bicyclic) bond motifs is 5. The monoisotopic (exact) mass is 328 g/mol. The van der Waals surface area contributed by atoms with Crippen LogP contribution in [0.2, 0.25) is 0 Å². The van der Waals surface area contributed by atoms with E-state index in [4.69, 9.17) is 6.42 Å². The lowest BCUT2D eigenvalue weighted by Crippen LogP contribution is -2.51. The molecule has 4 saturated carbocycles. The third-order valence-corrected chi connectivity index (χ3v) is 8.77. The van der Waals surface area contributed by atoms with Crippen LogP contribution >= 0.6 is 0 Å². The number of terminal acetylenes is 1. The van der Waals surface area contributed by atoms with Crippen molar-refractivity contribution in [1.82, 2.24) is 0 Å². The Morgan fingerprint density at radius 3 is 2.50 bits per heavy atom. The van der Waals surface area contributed by atoms with Gasteiger partial charge in [0.25, 0.3) is 0 Å². The summed E-state index contributed by atoms with van der Waals surface area (Å²) in [6.45, 7) is 4.22. The van der Waals surface area contributed by atoms with Crippen molar-refractivity contribution < 1.29 is 9.90 Å². The summed E-state index contributed by atoms with van der Waals surface area (Å²) >= 11 is 0. The van der Waals surface area contributed by atoms with Gasteiger partial charge < -0.3 is 5.11 Å². The van der Waals surface area contributed by atoms with E-state index in [0.717, 1.165) is 49.4 Å². The van der Waals surface area contributed by atoms with Crippen molar-refractivity contribution in [2.75, 3.05) is 0 Å². The fourth-order valence-electron chi connectivity index (χ4n) is 7.68. The third-order valence-electron chi connectivity index (χ3n) is 8.77. The molecule has 0 radical (unpaired) electrons. The van der Waals surface area contributed by atoms with Gasteiger partial charge in [0.15, 0.2) is 0 Å². The zero-order chi connectivity index (χ0) is 17.1. The zero-order valence-corrected chi connectivity index (χ0v) is 15.3. The molecule has 24 heavy (non-hydrogen) atoms. The van der Waals surface area contributed by atoms with Gasteiger partial charge in [0.05, 0.1) is 0 Å². The van der Waals surface area contributed by atoms with E-state index in [9.17, 15) is 9.90 Å². The SMILES string of the molecule is C#C[C@@]1(O)CC[C@H]2[C@H](CC[C@@H]3[C@@H]2CC[C@]2(C)[C@@H](C(C)=O)CC[C@@H]32)C1. The molecule has 0 aliphatic heterocycles. The maximum Gasteiger partial charge on any atom is 0.133 e. The highest BCUT2D eigenvalue weighted by atomic mass is 16.3. The molecule has 2 nitrogen and oxygen atoms in total. The molecule has 0 aromatic heterocycles. The standard InChI is InChI=1S/C22H32O2/c1-4-22(24)12-10-16-15(13-22)5-6-18-17(16)9-11-21(3)19(14(2)23)7-8-20(18)21/h1,15-20,24H,5-13H2,2-3H3/t15-,16+,17-,18-,19-,20+,21-,22-/m1/s1. The van der Waals surface area contributed by atoms with E-state index < -0.39 is 5.60 Å². The van der Waals surface area contributed by atoms with Crippen LogP contribution < -0.4 is 0 Å². The Balaban J connectivity index is 1.55. The molecule has 8 atom stereocenters. The fourth-order valence-corrected chi connectivity index (χ4v) is 7.68. The van der Waals surface area contributed by atoms with E-state index in [-0.39, 0.29) is 5.41 Å². The number of hydrogen-bond donors (Lipinski definition) is 1. The van der Waals surface area contributed by atoms with Gasteiger partial charge in [-0.2, -0.15) is 0 Å². The van der Waals surface area contributed by atoms with Crippen molar-refractivity contribution in [3.05, 3.63) is 0 Å². The number of carbonyl (C=O) groups is 1. The molecule has 132 valence electrons. The van der Waals surface area contributed by atoms with Gasteiger partial charge in [0, 0.05) is 5.92 Å². The van der Waals surface area contributed by atoms with Crippen molar-refractivity contribution in [3.63, 3.8) is 0 Å². The number of hydrogen-bond acceptors (Lipinski definition) is 2. The van der Waals surface area contributed by atoms with E-state index in [0.29, 0.717) is 17.6 Å². The molecule has 1 N–H and O–H groups in total. The van der Waals surface area contributed by atoms with Crippen molar-refractivity contribution in [1.29, 1.82) is 0 Å². The van der Waals surface area contributed by atoms with E-state index in [1.807, 2.05) is 6.92 Å². The van der Waals surface area contributed by atoms with Crippen LogP contribution in [0.15, 0.2) is 0 Å². The van der Waals surface area contributed by atoms with Crippen LogP contribution in [0.25, 0.3) is 0 Å². The first-order valence-electron chi connectivity index (χ1n) is 10.1.